The SMILES string of the molecule is CCN(CC)NC(=O)Nc1ccc(Cc2ccc(NC(=O)NN(CC)CC)cc2)cc1. The van der Waals surface area contributed by atoms with Crippen LogP contribution in [0, 0.1) is 0 Å². The molecule has 8 nitrogen and oxygen atoms in total. The van der Waals surface area contributed by atoms with Crippen molar-refractivity contribution in [1.82, 2.24) is 20.9 Å². The third-order valence-electron chi connectivity index (χ3n) is 4.88. The van der Waals surface area contributed by atoms with Gasteiger partial charge in [0.15, 0.2) is 0 Å². The molecule has 4 amide bonds. The van der Waals surface area contributed by atoms with E-state index >= 15 is 0 Å². The fourth-order valence-electron chi connectivity index (χ4n) is 3.02. The van der Waals surface area contributed by atoms with Gasteiger partial charge in [0.05, 0.1) is 0 Å². The Morgan fingerprint density at radius 3 is 1.23 bits per heavy atom. The molecule has 0 aliphatic rings. The molecule has 2 aromatic rings. The number of urea groups is 2. The van der Waals surface area contributed by atoms with Crippen molar-refractivity contribution in [3.63, 3.8) is 0 Å². The summed E-state index contributed by atoms with van der Waals surface area (Å²) < 4.78 is 0. The number of hydrazine groups is 2. The van der Waals surface area contributed by atoms with E-state index in [2.05, 4.69) is 21.5 Å². The third kappa shape index (κ3) is 8.27. The Kier molecular flexibility index (Phi) is 9.80. The molecule has 0 heterocycles. The van der Waals surface area contributed by atoms with Gasteiger partial charge in [-0.1, -0.05) is 52.0 Å². The number of amides is 4. The lowest BCUT2D eigenvalue weighted by Gasteiger charge is -2.19. The third-order valence-corrected chi connectivity index (χ3v) is 4.88. The zero-order valence-electron chi connectivity index (χ0n) is 18.9. The van der Waals surface area contributed by atoms with E-state index in [1.807, 2.05) is 86.2 Å². The number of hydrogen-bond acceptors (Lipinski definition) is 4. The monoisotopic (exact) mass is 426 g/mol. The van der Waals surface area contributed by atoms with E-state index in [0.717, 1.165) is 55.1 Å². The van der Waals surface area contributed by atoms with Gasteiger partial charge in [-0.3, -0.25) is 10.9 Å². The number of hydrogen-bond donors (Lipinski definition) is 4. The van der Waals surface area contributed by atoms with Gasteiger partial charge in [0, 0.05) is 37.6 Å². The summed E-state index contributed by atoms with van der Waals surface area (Å²) in [7, 11) is 0. The Labute approximate surface area is 184 Å². The second kappa shape index (κ2) is 12.6. The summed E-state index contributed by atoms with van der Waals surface area (Å²) in [6, 6.07) is 15.1. The lowest BCUT2D eigenvalue weighted by Crippen LogP contribution is -2.44. The molecule has 0 radical (unpaired) electrons. The highest BCUT2D eigenvalue weighted by atomic mass is 16.2. The maximum atomic E-state index is 12.0. The van der Waals surface area contributed by atoms with Crippen molar-refractivity contribution < 1.29 is 9.59 Å². The van der Waals surface area contributed by atoms with Crippen molar-refractivity contribution >= 4 is 23.4 Å². The van der Waals surface area contributed by atoms with Crippen LogP contribution in [0.2, 0.25) is 0 Å². The highest BCUT2D eigenvalue weighted by molar-refractivity contribution is 5.89. The quantitative estimate of drug-likeness (QED) is 0.432. The average molecular weight is 427 g/mol. The first-order valence-electron chi connectivity index (χ1n) is 10.8. The summed E-state index contributed by atoms with van der Waals surface area (Å²) in [5.41, 5.74) is 9.36. The van der Waals surface area contributed by atoms with Gasteiger partial charge < -0.3 is 10.6 Å². The van der Waals surface area contributed by atoms with Gasteiger partial charge in [-0.05, 0) is 41.8 Å². The van der Waals surface area contributed by atoms with Crippen LogP contribution in [-0.2, 0) is 6.42 Å². The highest BCUT2D eigenvalue weighted by Gasteiger charge is 2.07. The van der Waals surface area contributed by atoms with E-state index in [-0.39, 0.29) is 12.1 Å². The molecule has 0 bridgehead atoms. The van der Waals surface area contributed by atoms with Crippen LogP contribution in [0.25, 0.3) is 0 Å². The van der Waals surface area contributed by atoms with Crippen LogP contribution >= 0.6 is 0 Å². The van der Waals surface area contributed by atoms with Gasteiger partial charge >= 0.3 is 12.1 Å². The first-order chi connectivity index (χ1) is 15.0. The van der Waals surface area contributed by atoms with Gasteiger partial charge in [-0.15, -0.1) is 0 Å². The number of carbonyl (C=O) groups excluding carboxylic acids is 2. The minimum Gasteiger partial charge on any atom is -0.307 e. The molecule has 0 aliphatic carbocycles. The summed E-state index contributed by atoms with van der Waals surface area (Å²) in [5.74, 6) is 0. The zero-order valence-corrected chi connectivity index (χ0v) is 18.9. The second-order valence-electron chi connectivity index (χ2n) is 7.05. The van der Waals surface area contributed by atoms with E-state index in [0.29, 0.717) is 0 Å². The van der Waals surface area contributed by atoms with Crippen LogP contribution < -0.4 is 21.5 Å². The molecule has 0 aromatic heterocycles. The Hall–Kier alpha value is -3.10. The molecule has 2 aromatic carbocycles. The van der Waals surface area contributed by atoms with Crippen LogP contribution in [0.3, 0.4) is 0 Å². The van der Waals surface area contributed by atoms with Crippen molar-refractivity contribution in [3.8, 4) is 0 Å². The fourth-order valence-corrected chi connectivity index (χ4v) is 3.02. The lowest BCUT2D eigenvalue weighted by molar-refractivity contribution is 0.197. The van der Waals surface area contributed by atoms with Gasteiger partial charge in [0.25, 0.3) is 0 Å². The molecular formula is C23H34N6O2. The molecule has 0 unspecified atom stereocenters. The second-order valence-corrected chi connectivity index (χ2v) is 7.05. The van der Waals surface area contributed by atoms with E-state index in [9.17, 15) is 9.59 Å². The van der Waals surface area contributed by atoms with E-state index in [1.54, 1.807) is 0 Å². The average Bonchev–Trinajstić information content (AvgIpc) is 2.78. The van der Waals surface area contributed by atoms with E-state index in [1.165, 1.54) is 0 Å². The largest absolute Gasteiger partial charge is 0.333 e. The van der Waals surface area contributed by atoms with Crippen LogP contribution in [-0.4, -0.2) is 48.3 Å². The maximum absolute atomic E-state index is 12.0. The smallest absolute Gasteiger partial charge is 0.307 e. The molecule has 0 aliphatic heterocycles. The Morgan fingerprint density at radius 2 is 0.935 bits per heavy atom. The molecule has 0 fully saturated rings. The Bertz CT molecular complexity index is 745. The van der Waals surface area contributed by atoms with Gasteiger partial charge in [0.2, 0.25) is 0 Å². The topological polar surface area (TPSA) is 88.7 Å². The molecule has 0 saturated heterocycles. The molecule has 2 rings (SSSR count). The predicted molar refractivity (Wildman–Crippen MR) is 126 cm³/mol. The normalized spacial score (nSPS) is 10.8. The molecule has 0 spiro atoms. The minimum absolute atomic E-state index is 0.246. The van der Waals surface area contributed by atoms with Crippen molar-refractivity contribution in [3.05, 3.63) is 59.7 Å². The molecular weight excluding hydrogens is 392 g/mol. The van der Waals surface area contributed by atoms with E-state index < -0.39 is 0 Å². The highest BCUT2D eigenvalue weighted by Crippen LogP contribution is 2.16. The molecule has 8 heteroatoms. The van der Waals surface area contributed by atoms with Crippen LogP contribution in [0.4, 0.5) is 21.0 Å². The van der Waals surface area contributed by atoms with Crippen molar-refractivity contribution in [1.29, 1.82) is 0 Å². The number of nitrogens with zero attached hydrogens (tertiary/aromatic N) is 2. The summed E-state index contributed by atoms with van der Waals surface area (Å²) in [5, 5.41) is 9.33. The van der Waals surface area contributed by atoms with Crippen LogP contribution in [0.15, 0.2) is 48.5 Å². The van der Waals surface area contributed by atoms with Gasteiger partial charge in [-0.2, -0.15) is 0 Å². The molecule has 4 N–H and O–H groups in total. The first-order valence-corrected chi connectivity index (χ1v) is 10.8. The first kappa shape index (κ1) is 24.2. The molecule has 168 valence electrons. The van der Waals surface area contributed by atoms with Crippen molar-refractivity contribution in [2.24, 2.45) is 0 Å². The summed E-state index contributed by atoms with van der Waals surface area (Å²) >= 11 is 0. The minimum atomic E-state index is -0.246. The lowest BCUT2D eigenvalue weighted by atomic mass is 10.0. The number of benzene rings is 2. The predicted octanol–water partition coefficient (Wildman–Crippen LogP) is 4.03. The summed E-state index contributed by atoms with van der Waals surface area (Å²) in [6.45, 7) is 10.9. The maximum Gasteiger partial charge on any atom is 0.333 e. The Balaban J connectivity index is 1.86. The van der Waals surface area contributed by atoms with E-state index in [4.69, 9.17) is 0 Å². The summed E-state index contributed by atoms with van der Waals surface area (Å²) in [6.07, 6.45) is 0.762. The van der Waals surface area contributed by atoms with Crippen LogP contribution in [0.5, 0.6) is 0 Å². The van der Waals surface area contributed by atoms with Crippen LogP contribution in [0.1, 0.15) is 38.8 Å². The number of rotatable bonds is 10. The van der Waals surface area contributed by atoms with Crippen molar-refractivity contribution in [2.45, 2.75) is 34.1 Å². The molecule has 0 atom stereocenters. The van der Waals surface area contributed by atoms with Crippen molar-refractivity contribution in [2.75, 3.05) is 36.8 Å². The number of carbonyl (C=O) groups is 2. The number of anilines is 2. The Morgan fingerprint density at radius 1 is 0.613 bits per heavy atom. The molecule has 0 saturated carbocycles. The zero-order chi connectivity index (χ0) is 22.6. The van der Waals surface area contributed by atoms with Gasteiger partial charge in [-0.25, -0.2) is 19.6 Å². The summed E-state index contributed by atoms with van der Waals surface area (Å²) in [4.78, 5) is 24.0. The van der Waals surface area contributed by atoms with Gasteiger partial charge in [0.1, 0.15) is 0 Å². The fraction of sp³-hybridized carbons (Fsp3) is 0.391. The standard InChI is InChI=1S/C23H34N6O2/c1-5-28(6-2)26-22(30)24-20-13-9-18(10-14-20)17-19-11-15-21(16-12-19)25-23(31)27-29(7-3)8-4/h9-16H,5-8,17H2,1-4H3,(H2,24,26,30)(H2,25,27,31). The molecule has 31 heavy (non-hydrogen) atoms. The number of nitrogens with one attached hydrogen (secondary N) is 4.